The fraction of sp³-hybridized carbons (Fsp3) is 0.211. The van der Waals surface area contributed by atoms with Crippen LogP contribution in [-0.2, 0) is 6.61 Å². The van der Waals surface area contributed by atoms with Crippen LogP contribution in [0.1, 0.15) is 22.8 Å². The molecule has 2 aromatic rings. The van der Waals surface area contributed by atoms with Crippen LogP contribution >= 0.6 is 11.6 Å². The molecule has 24 heavy (non-hydrogen) atoms. The minimum atomic E-state index is -0.165. The van der Waals surface area contributed by atoms with Crippen molar-refractivity contribution in [2.75, 3.05) is 13.2 Å². The third-order valence-electron chi connectivity index (χ3n) is 3.22. The summed E-state index contributed by atoms with van der Waals surface area (Å²) in [6.45, 7) is 6.72. The van der Waals surface area contributed by atoms with E-state index in [2.05, 4.69) is 11.9 Å². The van der Waals surface area contributed by atoms with Crippen molar-refractivity contribution in [3.05, 3.63) is 71.3 Å². The maximum Gasteiger partial charge on any atom is 0.251 e. The van der Waals surface area contributed by atoms with E-state index in [-0.39, 0.29) is 12.5 Å². The van der Waals surface area contributed by atoms with E-state index in [4.69, 9.17) is 21.1 Å². The van der Waals surface area contributed by atoms with E-state index in [1.54, 1.807) is 36.4 Å². The summed E-state index contributed by atoms with van der Waals surface area (Å²) < 4.78 is 11.4. The molecular weight excluding hydrogens is 326 g/mol. The fourth-order valence-electron chi connectivity index (χ4n) is 2.11. The van der Waals surface area contributed by atoms with Crippen molar-refractivity contribution in [2.45, 2.75) is 13.5 Å². The number of ether oxygens (including phenoxy) is 2. The number of hydrogen-bond acceptors (Lipinski definition) is 3. The summed E-state index contributed by atoms with van der Waals surface area (Å²) >= 11 is 5.96. The lowest BCUT2D eigenvalue weighted by Gasteiger charge is -2.13. The lowest BCUT2D eigenvalue weighted by atomic mass is 10.1. The molecule has 2 aromatic carbocycles. The fourth-order valence-corrected chi connectivity index (χ4v) is 2.29. The van der Waals surface area contributed by atoms with Gasteiger partial charge < -0.3 is 14.8 Å². The molecule has 5 heteroatoms. The molecule has 2 rings (SSSR count). The van der Waals surface area contributed by atoms with Crippen molar-refractivity contribution in [3.63, 3.8) is 0 Å². The van der Waals surface area contributed by atoms with E-state index >= 15 is 0 Å². The molecule has 0 radical (unpaired) electrons. The molecule has 0 fully saturated rings. The standard InChI is InChI=1S/C19H20ClNO3/c1-3-10-21-19(22)14-8-9-18(23-4-2)15(11-14)13-24-17-7-5-6-16(20)12-17/h3,5-9,11-12H,1,4,10,13H2,2H3,(H,21,22). The molecule has 0 aliphatic carbocycles. The number of hydrogen-bond donors (Lipinski definition) is 1. The molecule has 4 nitrogen and oxygen atoms in total. The number of halogens is 1. The van der Waals surface area contributed by atoms with Gasteiger partial charge in [0.1, 0.15) is 18.1 Å². The minimum absolute atomic E-state index is 0.165. The lowest BCUT2D eigenvalue weighted by Crippen LogP contribution is -2.23. The third-order valence-corrected chi connectivity index (χ3v) is 3.45. The maximum atomic E-state index is 12.1. The van der Waals surface area contributed by atoms with Crippen LogP contribution in [-0.4, -0.2) is 19.1 Å². The van der Waals surface area contributed by atoms with Gasteiger partial charge in [-0.25, -0.2) is 0 Å². The highest BCUT2D eigenvalue weighted by Crippen LogP contribution is 2.24. The molecule has 1 N–H and O–H groups in total. The van der Waals surface area contributed by atoms with Crippen LogP contribution in [0.25, 0.3) is 0 Å². The highest BCUT2D eigenvalue weighted by molar-refractivity contribution is 6.30. The van der Waals surface area contributed by atoms with E-state index < -0.39 is 0 Å². The second-order valence-electron chi connectivity index (χ2n) is 5.00. The van der Waals surface area contributed by atoms with Gasteiger partial charge in [-0.1, -0.05) is 23.7 Å². The molecule has 1 amide bonds. The minimum Gasteiger partial charge on any atom is -0.493 e. The zero-order valence-electron chi connectivity index (χ0n) is 13.5. The molecule has 0 aliphatic rings. The number of carbonyl (C=O) groups excluding carboxylic acids is 1. The van der Waals surface area contributed by atoms with Crippen molar-refractivity contribution >= 4 is 17.5 Å². The summed E-state index contributed by atoms with van der Waals surface area (Å²) in [6, 6.07) is 12.4. The van der Waals surface area contributed by atoms with Crippen LogP contribution in [0.5, 0.6) is 11.5 Å². The average Bonchev–Trinajstić information content (AvgIpc) is 2.59. The summed E-state index contributed by atoms with van der Waals surface area (Å²) in [5, 5.41) is 3.36. The summed E-state index contributed by atoms with van der Waals surface area (Å²) in [6.07, 6.45) is 1.63. The predicted molar refractivity (Wildman–Crippen MR) is 95.9 cm³/mol. The maximum absolute atomic E-state index is 12.1. The second kappa shape index (κ2) is 8.99. The lowest BCUT2D eigenvalue weighted by molar-refractivity contribution is 0.0958. The Bertz CT molecular complexity index is 716. The van der Waals surface area contributed by atoms with E-state index in [9.17, 15) is 4.79 Å². The molecule has 0 unspecified atom stereocenters. The van der Waals surface area contributed by atoms with Gasteiger partial charge in [0.15, 0.2) is 0 Å². The van der Waals surface area contributed by atoms with Gasteiger partial charge in [-0.2, -0.15) is 0 Å². The Balaban J connectivity index is 2.17. The predicted octanol–water partition coefficient (Wildman–Crippen LogP) is 4.23. The van der Waals surface area contributed by atoms with E-state index in [0.29, 0.717) is 35.2 Å². The third kappa shape index (κ3) is 5.03. The van der Waals surface area contributed by atoms with Crippen LogP contribution in [0.3, 0.4) is 0 Å². The summed E-state index contributed by atoms with van der Waals surface area (Å²) in [4.78, 5) is 12.1. The quantitative estimate of drug-likeness (QED) is 0.728. The molecule has 0 saturated heterocycles. The number of nitrogens with one attached hydrogen (secondary N) is 1. The zero-order chi connectivity index (χ0) is 17.4. The van der Waals surface area contributed by atoms with Gasteiger partial charge in [0.2, 0.25) is 0 Å². The zero-order valence-corrected chi connectivity index (χ0v) is 14.3. The first-order valence-electron chi connectivity index (χ1n) is 7.67. The van der Waals surface area contributed by atoms with Gasteiger partial charge in [-0.3, -0.25) is 4.79 Å². The van der Waals surface area contributed by atoms with Crippen molar-refractivity contribution in [2.24, 2.45) is 0 Å². The van der Waals surface area contributed by atoms with Crippen LogP contribution in [0, 0.1) is 0 Å². The molecule has 0 bridgehead atoms. The van der Waals surface area contributed by atoms with Gasteiger partial charge in [0, 0.05) is 22.7 Å². The number of rotatable bonds is 8. The second-order valence-corrected chi connectivity index (χ2v) is 5.44. The van der Waals surface area contributed by atoms with Gasteiger partial charge in [-0.05, 0) is 43.3 Å². The van der Waals surface area contributed by atoms with Gasteiger partial charge in [0.25, 0.3) is 5.91 Å². The highest BCUT2D eigenvalue weighted by Gasteiger charge is 2.11. The Hall–Kier alpha value is -2.46. The first-order valence-corrected chi connectivity index (χ1v) is 8.05. The average molecular weight is 346 g/mol. The van der Waals surface area contributed by atoms with E-state index in [0.717, 1.165) is 5.56 Å². The summed E-state index contributed by atoms with van der Waals surface area (Å²) in [7, 11) is 0. The monoisotopic (exact) mass is 345 g/mol. The van der Waals surface area contributed by atoms with Crippen LogP contribution in [0.2, 0.25) is 5.02 Å². The normalized spacial score (nSPS) is 10.1. The summed E-state index contributed by atoms with van der Waals surface area (Å²) in [5.74, 6) is 1.19. The van der Waals surface area contributed by atoms with Crippen LogP contribution < -0.4 is 14.8 Å². The first-order chi connectivity index (χ1) is 11.6. The van der Waals surface area contributed by atoms with Crippen LogP contribution in [0.4, 0.5) is 0 Å². The van der Waals surface area contributed by atoms with Gasteiger partial charge in [0.05, 0.1) is 6.61 Å². The molecule has 0 spiro atoms. The smallest absolute Gasteiger partial charge is 0.251 e. The molecule has 0 heterocycles. The molecule has 0 atom stereocenters. The molecule has 0 saturated carbocycles. The Morgan fingerprint density at radius 3 is 2.79 bits per heavy atom. The van der Waals surface area contributed by atoms with Gasteiger partial charge >= 0.3 is 0 Å². The number of benzene rings is 2. The number of amides is 1. The van der Waals surface area contributed by atoms with E-state index in [1.165, 1.54) is 0 Å². The Morgan fingerprint density at radius 2 is 2.08 bits per heavy atom. The van der Waals surface area contributed by atoms with Crippen molar-refractivity contribution in [3.8, 4) is 11.5 Å². The SMILES string of the molecule is C=CCNC(=O)c1ccc(OCC)c(COc2cccc(Cl)c2)c1. The van der Waals surface area contributed by atoms with Crippen molar-refractivity contribution in [1.29, 1.82) is 0 Å². The van der Waals surface area contributed by atoms with Gasteiger partial charge in [-0.15, -0.1) is 6.58 Å². The first kappa shape index (κ1) is 17.9. The topological polar surface area (TPSA) is 47.6 Å². The van der Waals surface area contributed by atoms with Crippen molar-refractivity contribution in [1.82, 2.24) is 5.32 Å². The Kier molecular flexibility index (Phi) is 6.70. The molecule has 0 aromatic heterocycles. The molecule has 126 valence electrons. The summed E-state index contributed by atoms with van der Waals surface area (Å²) in [5.41, 5.74) is 1.34. The molecule has 0 aliphatic heterocycles. The Labute approximate surface area is 147 Å². The van der Waals surface area contributed by atoms with E-state index in [1.807, 2.05) is 19.1 Å². The molecular formula is C19H20ClNO3. The largest absolute Gasteiger partial charge is 0.493 e. The number of carbonyl (C=O) groups is 1. The van der Waals surface area contributed by atoms with Crippen molar-refractivity contribution < 1.29 is 14.3 Å². The highest BCUT2D eigenvalue weighted by atomic mass is 35.5. The Morgan fingerprint density at radius 1 is 1.25 bits per heavy atom. The van der Waals surface area contributed by atoms with Crippen LogP contribution in [0.15, 0.2) is 55.1 Å².